The maximum Gasteiger partial charge on any atom is 0.417 e. The third kappa shape index (κ3) is 2.68. The number of aromatic nitrogens is 1. The summed E-state index contributed by atoms with van der Waals surface area (Å²) in [5.41, 5.74) is 5.29. The van der Waals surface area contributed by atoms with Gasteiger partial charge in [0, 0.05) is 31.5 Å². The SMILES string of the molecule is CN(C)c1ncccc1-c1ccc(N)cc1C(F)(F)F. The van der Waals surface area contributed by atoms with Gasteiger partial charge in [0.2, 0.25) is 0 Å². The number of nitrogen functional groups attached to an aromatic ring is 1. The molecule has 0 unspecified atom stereocenters. The molecule has 0 saturated carbocycles. The van der Waals surface area contributed by atoms with Gasteiger partial charge in [0.15, 0.2) is 0 Å². The smallest absolute Gasteiger partial charge is 0.399 e. The van der Waals surface area contributed by atoms with Gasteiger partial charge in [-0.05, 0) is 29.8 Å². The molecule has 6 heteroatoms. The maximum absolute atomic E-state index is 13.2. The van der Waals surface area contributed by atoms with Crippen molar-refractivity contribution in [2.75, 3.05) is 24.7 Å². The molecule has 2 rings (SSSR count). The zero-order valence-electron chi connectivity index (χ0n) is 11.1. The number of rotatable bonds is 2. The minimum Gasteiger partial charge on any atom is -0.399 e. The monoisotopic (exact) mass is 281 g/mol. The van der Waals surface area contributed by atoms with Gasteiger partial charge >= 0.3 is 6.18 Å². The zero-order valence-corrected chi connectivity index (χ0v) is 11.1. The average Bonchev–Trinajstić information content (AvgIpc) is 2.37. The Bertz CT molecular complexity index is 621. The Hall–Kier alpha value is -2.24. The Balaban J connectivity index is 2.71. The van der Waals surface area contributed by atoms with Crippen molar-refractivity contribution < 1.29 is 13.2 Å². The van der Waals surface area contributed by atoms with Crippen LogP contribution in [-0.4, -0.2) is 19.1 Å². The minimum absolute atomic E-state index is 0.0727. The molecule has 106 valence electrons. The fraction of sp³-hybridized carbons (Fsp3) is 0.214. The Morgan fingerprint density at radius 3 is 2.40 bits per heavy atom. The van der Waals surface area contributed by atoms with E-state index in [0.29, 0.717) is 11.4 Å². The number of pyridine rings is 1. The molecule has 0 spiro atoms. The summed E-state index contributed by atoms with van der Waals surface area (Å²) >= 11 is 0. The highest BCUT2D eigenvalue weighted by molar-refractivity contribution is 5.79. The van der Waals surface area contributed by atoms with E-state index < -0.39 is 11.7 Å². The van der Waals surface area contributed by atoms with E-state index in [4.69, 9.17) is 5.73 Å². The summed E-state index contributed by atoms with van der Waals surface area (Å²) in [6.45, 7) is 0. The number of hydrogen-bond acceptors (Lipinski definition) is 3. The second-order valence-electron chi connectivity index (χ2n) is 4.57. The van der Waals surface area contributed by atoms with E-state index in [1.165, 1.54) is 12.1 Å². The number of nitrogens with zero attached hydrogens (tertiary/aromatic N) is 2. The van der Waals surface area contributed by atoms with Crippen molar-refractivity contribution in [1.29, 1.82) is 0 Å². The zero-order chi connectivity index (χ0) is 14.9. The highest BCUT2D eigenvalue weighted by Crippen LogP contribution is 2.40. The first-order valence-corrected chi connectivity index (χ1v) is 5.90. The molecule has 0 aliphatic carbocycles. The van der Waals surface area contributed by atoms with Crippen LogP contribution in [-0.2, 0) is 6.18 Å². The lowest BCUT2D eigenvalue weighted by atomic mass is 9.99. The lowest BCUT2D eigenvalue weighted by Gasteiger charge is -2.19. The van der Waals surface area contributed by atoms with E-state index >= 15 is 0 Å². The molecular formula is C14H14F3N3. The first-order valence-electron chi connectivity index (χ1n) is 5.90. The number of hydrogen-bond donors (Lipinski definition) is 1. The van der Waals surface area contributed by atoms with Crippen LogP contribution in [0.25, 0.3) is 11.1 Å². The molecule has 0 amide bonds. The molecule has 20 heavy (non-hydrogen) atoms. The van der Waals surface area contributed by atoms with E-state index in [1.807, 2.05) is 0 Å². The predicted molar refractivity (Wildman–Crippen MR) is 73.4 cm³/mol. The molecule has 3 nitrogen and oxygen atoms in total. The molecule has 1 heterocycles. The van der Waals surface area contributed by atoms with E-state index in [0.717, 1.165) is 6.07 Å². The summed E-state index contributed by atoms with van der Waals surface area (Å²) in [6, 6.07) is 7.00. The number of anilines is 2. The highest BCUT2D eigenvalue weighted by Gasteiger charge is 2.34. The second kappa shape index (κ2) is 5.03. The van der Waals surface area contributed by atoms with Gasteiger partial charge in [0.1, 0.15) is 5.82 Å². The molecule has 0 aliphatic heterocycles. The van der Waals surface area contributed by atoms with Crippen LogP contribution in [0.3, 0.4) is 0 Å². The minimum atomic E-state index is -4.47. The lowest BCUT2D eigenvalue weighted by molar-refractivity contribution is -0.137. The third-order valence-electron chi connectivity index (χ3n) is 2.85. The lowest BCUT2D eigenvalue weighted by Crippen LogP contribution is -2.13. The van der Waals surface area contributed by atoms with Crippen LogP contribution in [0.5, 0.6) is 0 Å². The molecule has 0 aliphatic rings. The van der Waals surface area contributed by atoms with E-state index in [2.05, 4.69) is 4.98 Å². The van der Waals surface area contributed by atoms with Crippen molar-refractivity contribution in [2.45, 2.75) is 6.18 Å². The van der Waals surface area contributed by atoms with Crippen molar-refractivity contribution in [3.63, 3.8) is 0 Å². The topological polar surface area (TPSA) is 42.2 Å². The third-order valence-corrected chi connectivity index (χ3v) is 2.85. The largest absolute Gasteiger partial charge is 0.417 e. The summed E-state index contributed by atoms with van der Waals surface area (Å²) in [4.78, 5) is 5.80. The van der Waals surface area contributed by atoms with Crippen LogP contribution in [0, 0.1) is 0 Å². The number of benzene rings is 1. The summed E-state index contributed by atoms with van der Waals surface area (Å²) in [5.74, 6) is 0.475. The average molecular weight is 281 g/mol. The summed E-state index contributed by atoms with van der Waals surface area (Å²) in [6.07, 6.45) is -2.92. The van der Waals surface area contributed by atoms with E-state index in [-0.39, 0.29) is 11.3 Å². The molecule has 0 radical (unpaired) electrons. The van der Waals surface area contributed by atoms with Gasteiger partial charge in [-0.3, -0.25) is 0 Å². The summed E-state index contributed by atoms with van der Waals surface area (Å²) < 4.78 is 39.5. The van der Waals surface area contributed by atoms with Gasteiger partial charge in [0.25, 0.3) is 0 Å². The Labute approximate surface area is 114 Å². The van der Waals surface area contributed by atoms with Crippen LogP contribution < -0.4 is 10.6 Å². The van der Waals surface area contributed by atoms with Crippen LogP contribution in [0.4, 0.5) is 24.7 Å². The summed E-state index contributed by atoms with van der Waals surface area (Å²) in [7, 11) is 3.47. The normalized spacial score (nSPS) is 11.4. The van der Waals surface area contributed by atoms with E-state index in [9.17, 15) is 13.2 Å². The van der Waals surface area contributed by atoms with Gasteiger partial charge in [0.05, 0.1) is 5.56 Å². The molecule has 2 N–H and O–H groups in total. The first-order chi connectivity index (χ1) is 9.30. The van der Waals surface area contributed by atoms with Crippen LogP contribution in [0.15, 0.2) is 36.5 Å². The number of alkyl halides is 3. The van der Waals surface area contributed by atoms with Crippen molar-refractivity contribution in [1.82, 2.24) is 4.98 Å². The fourth-order valence-corrected chi connectivity index (χ4v) is 1.99. The van der Waals surface area contributed by atoms with Crippen LogP contribution >= 0.6 is 0 Å². The van der Waals surface area contributed by atoms with Gasteiger partial charge < -0.3 is 10.6 Å². The number of nitrogens with two attached hydrogens (primary N) is 1. The van der Waals surface area contributed by atoms with Gasteiger partial charge in [-0.15, -0.1) is 0 Å². The standard InChI is InChI=1S/C14H14F3N3/c1-20(2)13-11(4-3-7-19-13)10-6-5-9(18)8-12(10)14(15,16)17/h3-8H,18H2,1-2H3. The molecule has 0 saturated heterocycles. The molecule has 2 aromatic rings. The first kappa shape index (κ1) is 14.2. The molecule has 0 fully saturated rings. The predicted octanol–water partition coefficient (Wildman–Crippen LogP) is 3.42. The quantitative estimate of drug-likeness (QED) is 0.858. The fourth-order valence-electron chi connectivity index (χ4n) is 1.99. The van der Waals surface area contributed by atoms with Crippen LogP contribution in [0.2, 0.25) is 0 Å². The molecule has 0 atom stereocenters. The van der Waals surface area contributed by atoms with Crippen molar-refractivity contribution in [2.24, 2.45) is 0 Å². The summed E-state index contributed by atoms with van der Waals surface area (Å²) in [5, 5.41) is 0. The Morgan fingerprint density at radius 2 is 1.80 bits per heavy atom. The Morgan fingerprint density at radius 1 is 1.10 bits per heavy atom. The molecular weight excluding hydrogens is 267 g/mol. The van der Waals surface area contributed by atoms with E-state index in [1.54, 1.807) is 37.3 Å². The number of halogens is 3. The molecule has 1 aromatic carbocycles. The second-order valence-corrected chi connectivity index (χ2v) is 4.57. The van der Waals surface area contributed by atoms with Gasteiger partial charge in [-0.1, -0.05) is 6.07 Å². The molecule has 1 aromatic heterocycles. The van der Waals surface area contributed by atoms with Crippen molar-refractivity contribution >= 4 is 11.5 Å². The molecule has 0 bridgehead atoms. The highest BCUT2D eigenvalue weighted by atomic mass is 19.4. The maximum atomic E-state index is 13.2. The van der Waals surface area contributed by atoms with Gasteiger partial charge in [-0.2, -0.15) is 13.2 Å². The van der Waals surface area contributed by atoms with Crippen molar-refractivity contribution in [3.8, 4) is 11.1 Å². The van der Waals surface area contributed by atoms with Crippen LogP contribution in [0.1, 0.15) is 5.56 Å². The van der Waals surface area contributed by atoms with Gasteiger partial charge in [-0.25, -0.2) is 4.98 Å². The van der Waals surface area contributed by atoms with Crippen molar-refractivity contribution in [3.05, 3.63) is 42.1 Å². The Kier molecular flexibility index (Phi) is 3.57.